The topological polar surface area (TPSA) is 0 Å². The smallest absolute Gasteiger partial charge is 0.0201 e. The summed E-state index contributed by atoms with van der Waals surface area (Å²) in [7, 11) is 1.06. The predicted molar refractivity (Wildman–Crippen MR) is 80.1 cm³/mol. The largest absolute Gasteiger partial charge is 0.110 e. The van der Waals surface area contributed by atoms with E-state index in [4.69, 9.17) is 0 Å². The molecule has 0 nitrogen and oxygen atoms in total. The molecule has 0 spiro atoms. The zero-order chi connectivity index (χ0) is 12.1. The van der Waals surface area contributed by atoms with Gasteiger partial charge in [0.2, 0.25) is 0 Å². The van der Waals surface area contributed by atoms with Crippen LogP contribution in [0.4, 0.5) is 0 Å². The molecule has 1 aliphatic carbocycles. The highest BCUT2D eigenvalue weighted by atomic mass is 31.1. The minimum atomic E-state index is 0.704. The van der Waals surface area contributed by atoms with Gasteiger partial charge in [-0.05, 0) is 23.2 Å². The molecule has 1 aromatic rings. The van der Waals surface area contributed by atoms with E-state index in [1.807, 2.05) is 0 Å². The van der Waals surface area contributed by atoms with Crippen LogP contribution in [0.15, 0.2) is 30.3 Å². The third-order valence-corrected chi connectivity index (χ3v) is 5.41. The van der Waals surface area contributed by atoms with Crippen LogP contribution in [0.3, 0.4) is 0 Å². The van der Waals surface area contributed by atoms with Gasteiger partial charge in [0.15, 0.2) is 0 Å². The molecular formula is C16H23P. The molecule has 1 aromatic carbocycles. The van der Waals surface area contributed by atoms with E-state index in [0.717, 1.165) is 14.5 Å². The van der Waals surface area contributed by atoms with Gasteiger partial charge in [-0.3, -0.25) is 0 Å². The van der Waals surface area contributed by atoms with Crippen molar-refractivity contribution in [2.75, 3.05) is 6.16 Å². The molecule has 0 radical (unpaired) electrons. The van der Waals surface area contributed by atoms with Crippen LogP contribution in [0.1, 0.15) is 49.9 Å². The number of rotatable bonds is 6. The van der Waals surface area contributed by atoms with E-state index < -0.39 is 0 Å². The summed E-state index contributed by atoms with van der Waals surface area (Å²) >= 11 is 0. The van der Waals surface area contributed by atoms with Gasteiger partial charge in [-0.1, -0.05) is 69.5 Å². The van der Waals surface area contributed by atoms with Crippen molar-refractivity contribution in [2.45, 2.75) is 38.8 Å². The van der Waals surface area contributed by atoms with E-state index in [9.17, 15) is 0 Å². The molecule has 0 aromatic heterocycles. The quantitative estimate of drug-likeness (QED) is 0.601. The Morgan fingerprint density at radius 2 is 2.12 bits per heavy atom. The van der Waals surface area contributed by atoms with Gasteiger partial charge < -0.3 is 0 Å². The second-order valence-electron chi connectivity index (χ2n) is 5.12. The van der Waals surface area contributed by atoms with Crippen LogP contribution in [0.2, 0.25) is 0 Å². The first-order valence-electron chi connectivity index (χ1n) is 6.81. The lowest BCUT2D eigenvalue weighted by Crippen LogP contribution is -1.98. The lowest BCUT2D eigenvalue weighted by molar-refractivity contribution is 0.556. The Balaban J connectivity index is 1.84. The van der Waals surface area contributed by atoms with Crippen molar-refractivity contribution in [1.82, 2.24) is 0 Å². The molecule has 3 atom stereocenters. The summed E-state index contributed by atoms with van der Waals surface area (Å²) in [5.74, 6) is 0.898. The molecule has 92 valence electrons. The highest BCUT2D eigenvalue weighted by molar-refractivity contribution is 7.38. The van der Waals surface area contributed by atoms with Gasteiger partial charge in [0.05, 0.1) is 0 Å². The first-order chi connectivity index (χ1) is 8.31. The first-order valence-corrected chi connectivity index (χ1v) is 8.10. The van der Waals surface area contributed by atoms with Gasteiger partial charge in [-0.25, -0.2) is 0 Å². The summed E-state index contributed by atoms with van der Waals surface area (Å²) in [4.78, 5) is 0. The van der Waals surface area contributed by atoms with Gasteiger partial charge in [0.1, 0.15) is 0 Å². The highest BCUT2D eigenvalue weighted by Crippen LogP contribution is 2.43. The molecule has 1 aliphatic rings. The fourth-order valence-corrected chi connectivity index (χ4v) is 3.99. The summed E-state index contributed by atoms with van der Waals surface area (Å²) < 4.78 is 0. The van der Waals surface area contributed by atoms with E-state index in [0.29, 0.717) is 5.66 Å². The van der Waals surface area contributed by atoms with Crippen molar-refractivity contribution in [3.05, 3.63) is 41.5 Å². The molecule has 0 amide bonds. The van der Waals surface area contributed by atoms with Gasteiger partial charge >= 0.3 is 0 Å². The Kier molecular flexibility index (Phi) is 4.80. The van der Waals surface area contributed by atoms with Gasteiger partial charge in [-0.15, -0.1) is 8.58 Å². The maximum atomic E-state index is 2.41. The minimum Gasteiger partial charge on any atom is -0.110 e. The fraction of sp³-hybridized carbons (Fsp3) is 0.500. The van der Waals surface area contributed by atoms with E-state index in [2.05, 4.69) is 50.3 Å². The zero-order valence-electron chi connectivity index (χ0n) is 10.9. The summed E-state index contributed by atoms with van der Waals surface area (Å²) in [5, 5.41) is 0. The lowest BCUT2D eigenvalue weighted by Gasteiger charge is -2.15. The molecular weight excluding hydrogens is 223 g/mol. The maximum absolute atomic E-state index is 2.41. The van der Waals surface area contributed by atoms with E-state index in [1.54, 1.807) is 5.56 Å². The molecule has 0 fully saturated rings. The van der Waals surface area contributed by atoms with Crippen LogP contribution >= 0.6 is 8.58 Å². The Morgan fingerprint density at radius 1 is 1.29 bits per heavy atom. The van der Waals surface area contributed by atoms with Crippen LogP contribution in [-0.2, 0) is 0 Å². The van der Waals surface area contributed by atoms with Crippen LogP contribution in [0, 0.1) is 5.92 Å². The summed E-state index contributed by atoms with van der Waals surface area (Å²) in [6.07, 6.45) is 10.2. The molecule has 2 rings (SSSR count). The van der Waals surface area contributed by atoms with Crippen molar-refractivity contribution in [2.24, 2.45) is 5.92 Å². The number of unbranched alkanes of at least 4 members (excludes halogenated alkanes) is 1. The van der Waals surface area contributed by atoms with Gasteiger partial charge in [0.25, 0.3) is 0 Å². The second-order valence-corrected chi connectivity index (χ2v) is 6.56. The normalized spacial score (nSPS) is 20.0. The molecule has 0 heterocycles. The molecule has 0 aliphatic heterocycles. The highest BCUT2D eigenvalue weighted by Gasteiger charge is 2.16. The van der Waals surface area contributed by atoms with Gasteiger partial charge in [-0.2, -0.15) is 0 Å². The van der Waals surface area contributed by atoms with Crippen molar-refractivity contribution < 1.29 is 0 Å². The number of hydrogen-bond acceptors (Lipinski definition) is 0. The molecule has 0 saturated heterocycles. The molecule has 0 saturated carbocycles. The number of hydrogen-bond donors (Lipinski definition) is 0. The second kappa shape index (κ2) is 6.36. The minimum absolute atomic E-state index is 0.704. The zero-order valence-corrected chi connectivity index (χ0v) is 11.9. The third-order valence-electron chi connectivity index (χ3n) is 3.54. The van der Waals surface area contributed by atoms with Crippen molar-refractivity contribution in [1.29, 1.82) is 0 Å². The van der Waals surface area contributed by atoms with Crippen molar-refractivity contribution in [3.8, 4) is 0 Å². The Hall–Kier alpha value is -0.610. The van der Waals surface area contributed by atoms with Crippen LogP contribution in [0.25, 0.3) is 6.08 Å². The monoisotopic (exact) mass is 246 g/mol. The number of benzene rings is 1. The first kappa shape index (κ1) is 12.8. The molecule has 0 N–H and O–H groups in total. The predicted octanol–water partition coefficient (Wildman–Crippen LogP) is 5.26. The lowest BCUT2D eigenvalue weighted by atomic mass is 10.1. The van der Waals surface area contributed by atoms with Crippen LogP contribution < -0.4 is 0 Å². The summed E-state index contributed by atoms with van der Waals surface area (Å²) in [6.45, 7) is 4.69. The molecule has 1 heteroatoms. The van der Waals surface area contributed by atoms with Crippen LogP contribution in [-0.4, -0.2) is 6.16 Å². The fourth-order valence-electron chi connectivity index (χ4n) is 2.41. The molecule has 17 heavy (non-hydrogen) atoms. The van der Waals surface area contributed by atoms with Crippen LogP contribution in [0.5, 0.6) is 0 Å². The average molecular weight is 246 g/mol. The number of fused-ring (bicyclic) bond motifs is 1. The molecule has 0 bridgehead atoms. The summed E-state index contributed by atoms with van der Waals surface area (Å²) in [5.41, 5.74) is 3.69. The van der Waals surface area contributed by atoms with E-state index >= 15 is 0 Å². The standard InChI is InChI=1S/C16H23P/c1-3-4-7-13(2)12-17-16-11-10-14-8-5-6-9-15(14)16/h5-6,8-11,13,16-17H,3-4,7,12H2,1-2H3. The molecule has 3 unspecified atom stereocenters. The van der Waals surface area contributed by atoms with Gasteiger partial charge in [0, 0.05) is 5.66 Å². The Bertz CT molecular complexity index is 381. The van der Waals surface area contributed by atoms with E-state index in [-0.39, 0.29) is 0 Å². The third kappa shape index (κ3) is 3.42. The van der Waals surface area contributed by atoms with E-state index in [1.165, 1.54) is 31.0 Å². The SMILES string of the molecule is CCCCC(C)CPC1C=Cc2ccccc21. The Labute approximate surface area is 107 Å². The van der Waals surface area contributed by atoms with Crippen molar-refractivity contribution in [3.63, 3.8) is 0 Å². The number of allylic oxidation sites excluding steroid dienone is 1. The average Bonchev–Trinajstić information content (AvgIpc) is 2.77. The summed E-state index contributed by atoms with van der Waals surface area (Å²) in [6, 6.07) is 8.84. The maximum Gasteiger partial charge on any atom is 0.0201 e. The van der Waals surface area contributed by atoms with Crippen molar-refractivity contribution >= 4 is 14.7 Å². The Morgan fingerprint density at radius 3 is 2.94 bits per heavy atom.